The van der Waals surface area contributed by atoms with Gasteiger partial charge in [-0.3, -0.25) is 0 Å². The van der Waals surface area contributed by atoms with Gasteiger partial charge in [0.15, 0.2) is 8.32 Å². The molecule has 1 atom stereocenters. The van der Waals surface area contributed by atoms with E-state index < -0.39 is 8.32 Å². The molecule has 102 valence electrons. The molecular weight excluding hydrogens is 224 g/mol. The first-order valence-electron chi connectivity index (χ1n) is 7.32. The zero-order valence-corrected chi connectivity index (χ0v) is 13.6. The minimum absolute atomic E-state index is 0.0337. The molecule has 1 nitrogen and oxygen atoms in total. The summed E-state index contributed by atoms with van der Waals surface area (Å²) in [4.78, 5) is 0. The van der Waals surface area contributed by atoms with E-state index in [4.69, 9.17) is 4.43 Å². The summed E-state index contributed by atoms with van der Waals surface area (Å²) in [7, 11) is -1.49. The van der Waals surface area contributed by atoms with Crippen LogP contribution in [0, 0.1) is 0 Å². The Morgan fingerprint density at radius 2 is 1.65 bits per heavy atom. The molecule has 0 aromatic carbocycles. The highest BCUT2D eigenvalue weighted by Gasteiger charge is 2.36. The Balaban J connectivity index is 4.74. The van der Waals surface area contributed by atoms with E-state index in [0.717, 1.165) is 6.42 Å². The van der Waals surface area contributed by atoms with Crippen LogP contribution in [0.3, 0.4) is 0 Å². The summed E-state index contributed by atoms with van der Waals surface area (Å²) in [6.07, 6.45) is 6.68. The summed E-state index contributed by atoms with van der Waals surface area (Å²) in [5, 5.41) is 0. The predicted molar refractivity (Wildman–Crippen MR) is 81.0 cm³/mol. The van der Waals surface area contributed by atoms with Crippen molar-refractivity contribution in [3.8, 4) is 0 Å². The lowest BCUT2D eigenvalue weighted by Gasteiger charge is -2.40. The molecule has 0 aliphatic carbocycles. The van der Waals surface area contributed by atoms with Gasteiger partial charge in [-0.15, -0.1) is 6.58 Å². The van der Waals surface area contributed by atoms with Gasteiger partial charge in [0.1, 0.15) is 0 Å². The highest BCUT2D eigenvalue weighted by molar-refractivity contribution is 6.73. The van der Waals surface area contributed by atoms with E-state index in [-0.39, 0.29) is 5.60 Å². The van der Waals surface area contributed by atoms with E-state index in [0.29, 0.717) is 0 Å². The zero-order valence-electron chi connectivity index (χ0n) is 12.6. The van der Waals surface area contributed by atoms with Gasteiger partial charge in [0.25, 0.3) is 0 Å². The Morgan fingerprint density at radius 1 is 1.12 bits per heavy atom. The summed E-state index contributed by atoms with van der Waals surface area (Å²) in [5.74, 6) is 0. The SMILES string of the molecule is C=CCC(C)(CCCC)O[Si](CC)(CC)CC. The molecule has 1 unspecified atom stereocenters. The highest BCUT2D eigenvalue weighted by Crippen LogP contribution is 2.33. The third kappa shape index (κ3) is 5.39. The van der Waals surface area contributed by atoms with Crippen molar-refractivity contribution in [3.63, 3.8) is 0 Å². The van der Waals surface area contributed by atoms with E-state index in [2.05, 4.69) is 41.2 Å². The van der Waals surface area contributed by atoms with Gasteiger partial charge in [0, 0.05) is 0 Å². The van der Waals surface area contributed by atoms with Gasteiger partial charge in [0.05, 0.1) is 5.60 Å². The fourth-order valence-electron chi connectivity index (χ4n) is 2.54. The monoisotopic (exact) mass is 256 g/mol. The first-order valence-corrected chi connectivity index (χ1v) is 9.85. The van der Waals surface area contributed by atoms with Gasteiger partial charge in [-0.05, 0) is 37.9 Å². The molecule has 0 radical (unpaired) electrons. The fourth-order valence-corrected chi connectivity index (χ4v) is 5.70. The number of unbranched alkanes of at least 4 members (excludes halogenated alkanes) is 1. The third-order valence-corrected chi connectivity index (χ3v) is 8.82. The Bertz CT molecular complexity index is 203. The predicted octanol–water partition coefficient (Wildman–Crippen LogP) is 5.53. The van der Waals surface area contributed by atoms with Crippen LogP contribution in [0.15, 0.2) is 12.7 Å². The summed E-state index contributed by atoms with van der Waals surface area (Å²) in [6.45, 7) is 15.3. The topological polar surface area (TPSA) is 9.23 Å². The van der Waals surface area contributed by atoms with Crippen LogP contribution in [0.2, 0.25) is 18.1 Å². The molecule has 0 rings (SSSR count). The van der Waals surface area contributed by atoms with Crippen LogP contribution in [0.25, 0.3) is 0 Å². The van der Waals surface area contributed by atoms with Crippen molar-refractivity contribution in [2.24, 2.45) is 0 Å². The van der Waals surface area contributed by atoms with Crippen LogP contribution >= 0.6 is 0 Å². The average Bonchev–Trinajstić information content (AvgIpc) is 2.34. The molecule has 0 spiro atoms. The van der Waals surface area contributed by atoms with Gasteiger partial charge in [-0.2, -0.15) is 0 Å². The van der Waals surface area contributed by atoms with E-state index in [9.17, 15) is 0 Å². The lowest BCUT2D eigenvalue weighted by molar-refractivity contribution is 0.0667. The molecule has 0 saturated carbocycles. The normalized spacial score (nSPS) is 15.6. The molecule has 0 bridgehead atoms. The Morgan fingerprint density at radius 3 is 2.00 bits per heavy atom. The maximum Gasteiger partial charge on any atom is 0.192 e. The molecule has 0 aromatic heterocycles. The molecule has 0 fully saturated rings. The fraction of sp³-hybridized carbons (Fsp3) is 0.867. The van der Waals surface area contributed by atoms with Gasteiger partial charge >= 0.3 is 0 Å². The third-order valence-electron chi connectivity index (χ3n) is 4.03. The van der Waals surface area contributed by atoms with Crippen molar-refractivity contribution in [1.29, 1.82) is 0 Å². The van der Waals surface area contributed by atoms with E-state index in [1.54, 1.807) is 0 Å². The standard InChI is InChI=1S/C15H32OSi/c1-7-12-14-15(6,13-8-2)16-17(9-3,10-4)11-5/h8H,2,7,9-14H2,1,3-6H3. The summed E-state index contributed by atoms with van der Waals surface area (Å²) in [6, 6.07) is 3.70. The molecule has 17 heavy (non-hydrogen) atoms. The Hall–Kier alpha value is -0.0831. The maximum absolute atomic E-state index is 6.68. The molecular formula is C15H32OSi. The number of hydrogen-bond acceptors (Lipinski definition) is 1. The van der Waals surface area contributed by atoms with Crippen LogP contribution in [0.5, 0.6) is 0 Å². The summed E-state index contributed by atoms with van der Waals surface area (Å²) < 4.78 is 6.68. The molecule has 0 amide bonds. The lowest BCUT2D eigenvalue weighted by atomic mass is 9.96. The average molecular weight is 257 g/mol. The van der Waals surface area contributed by atoms with Gasteiger partial charge in [-0.25, -0.2) is 0 Å². The van der Waals surface area contributed by atoms with Gasteiger partial charge in [-0.1, -0.05) is 46.6 Å². The van der Waals surface area contributed by atoms with Crippen LogP contribution in [-0.4, -0.2) is 13.9 Å². The zero-order chi connectivity index (χ0) is 13.4. The first kappa shape index (κ1) is 16.9. The van der Waals surface area contributed by atoms with Crippen molar-refractivity contribution in [1.82, 2.24) is 0 Å². The van der Waals surface area contributed by atoms with Crippen molar-refractivity contribution >= 4 is 8.32 Å². The summed E-state index contributed by atoms with van der Waals surface area (Å²) >= 11 is 0. The maximum atomic E-state index is 6.68. The van der Waals surface area contributed by atoms with Crippen LogP contribution < -0.4 is 0 Å². The Kier molecular flexibility index (Phi) is 8.06. The molecule has 0 aromatic rings. The molecule has 0 heterocycles. The molecule has 0 aliphatic heterocycles. The second kappa shape index (κ2) is 8.10. The highest BCUT2D eigenvalue weighted by atomic mass is 28.4. The largest absolute Gasteiger partial charge is 0.411 e. The first-order chi connectivity index (χ1) is 8.01. The smallest absolute Gasteiger partial charge is 0.192 e. The van der Waals surface area contributed by atoms with E-state index in [1.165, 1.54) is 37.4 Å². The molecule has 0 N–H and O–H groups in total. The lowest BCUT2D eigenvalue weighted by Crippen LogP contribution is -2.45. The second-order valence-electron chi connectivity index (χ2n) is 5.39. The molecule has 0 saturated heterocycles. The van der Waals surface area contributed by atoms with E-state index in [1.807, 2.05) is 6.08 Å². The minimum atomic E-state index is -1.49. The van der Waals surface area contributed by atoms with Crippen molar-refractivity contribution in [3.05, 3.63) is 12.7 Å². The van der Waals surface area contributed by atoms with Crippen LogP contribution in [0.1, 0.15) is 60.3 Å². The minimum Gasteiger partial charge on any atom is -0.411 e. The molecule has 0 aliphatic rings. The van der Waals surface area contributed by atoms with Crippen molar-refractivity contribution < 1.29 is 4.43 Å². The number of rotatable bonds is 10. The summed E-state index contributed by atoms with van der Waals surface area (Å²) in [5.41, 5.74) is 0.0337. The second-order valence-corrected chi connectivity index (χ2v) is 10.1. The molecule has 2 heteroatoms. The van der Waals surface area contributed by atoms with Gasteiger partial charge < -0.3 is 4.43 Å². The van der Waals surface area contributed by atoms with E-state index >= 15 is 0 Å². The Labute approximate surface area is 110 Å². The quantitative estimate of drug-likeness (QED) is 0.369. The van der Waals surface area contributed by atoms with Crippen LogP contribution in [0.4, 0.5) is 0 Å². The van der Waals surface area contributed by atoms with Crippen LogP contribution in [-0.2, 0) is 4.43 Å². The van der Waals surface area contributed by atoms with Crippen molar-refractivity contribution in [2.45, 2.75) is 84.0 Å². The van der Waals surface area contributed by atoms with Gasteiger partial charge in [0.2, 0.25) is 0 Å². The number of hydrogen-bond donors (Lipinski definition) is 0. The van der Waals surface area contributed by atoms with Crippen molar-refractivity contribution in [2.75, 3.05) is 0 Å².